The van der Waals surface area contributed by atoms with Crippen LogP contribution >= 0.6 is 0 Å². The molecule has 5 N–H and O–H groups in total. The van der Waals surface area contributed by atoms with Crippen molar-refractivity contribution in [3.63, 3.8) is 0 Å². The zero-order valence-corrected chi connectivity index (χ0v) is 17.6. The maximum atomic E-state index is 13.0. The Morgan fingerprint density at radius 1 is 0.882 bits per heavy atom. The second kappa shape index (κ2) is 11.9. The van der Waals surface area contributed by atoms with E-state index in [2.05, 4.69) is 10.6 Å². The summed E-state index contributed by atoms with van der Waals surface area (Å²) in [6, 6.07) is 7.70. The third kappa shape index (κ3) is 7.89. The van der Waals surface area contributed by atoms with Gasteiger partial charge >= 0.3 is 29.9 Å². The minimum absolute atomic E-state index is 0.107. The number of carbonyl (C=O) groups is 5. The number of benzene rings is 2. The molecule has 2 aromatic rings. The van der Waals surface area contributed by atoms with Crippen LogP contribution in [0.15, 0.2) is 48.5 Å². The van der Waals surface area contributed by atoms with Crippen LogP contribution in [-0.4, -0.2) is 57.8 Å². The van der Waals surface area contributed by atoms with E-state index in [-0.39, 0.29) is 23.3 Å². The summed E-state index contributed by atoms with van der Waals surface area (Å²) in [5.74, 6) is -6.30. The first-order valence-corrected chi connectivity index (χ1v) is 9.86. The van der Waals surface area contributed by atoms with Crippen molar-refractivity contribution in [2.24, 2.45) is 0 Å². The summed E-state index contributed by atoms with van der Waals surface area (Å²) in [7, 11) is 0. The summed E-state index contributed by atoms with van der Waals surface area (Å²) in [6.07, 6.45) is -0.828. The van der Waals surface area contributed by atoms with Crippen LogP contribution < -0.4 is 15.4 Å². The molecule has 2 unspecified atom stereocenters. The first-order valence-electron chi connectivity index (χ1n) is 9.86. The molecule has 12 heteroatoms. The number of hydrogen-bond donors (Lipinski definition) is 5. The highest BCUT2D eigenvalue weighted by atomic mass is 19.1. The van der Waals surface area contributed by atoms with Crippen LogP contribution in [0.2, 0.25) is 0 Å². The Morgan fingerprint density at radius 2 is 1.50 bits per heavy atom. The smallest absolute Gasteiger partial charge is 0.343 e. The molecule has 0 aliphatic rings. The number of halogens is 1. The van der Waals surface area contributed by atoms with Crippen molar-refractivity contribution in [1.82, 2.24) is 10.6 Å². The molecule has 0 aliphatic heterocycles. The lowest BCUT2D eigenvalue weighted by Crippen LogP contribution is -2.47. The summed E-state index contributed by atoms with van der Waals surface area (Å²) in [5.41, 5.74) is 0.377. The molecule has 0 aromatic heterocycles. The second-order valence-electron chi connectivity index (χ2n) is 7.03. The third-order valence-electron chi connectivity index (χ3n) is 4.59. The lowest BCUT2D eigenvalue weighted by molar-refractivity contribution is -0.141. The second-order valence-corrected chi connectivity index (χ2v) is 7.03. The van der Waals surface area contributed by atoms with Crippen molar-refractivity contribution >= 4 is 29.9 Å². The zero-order valence-electron chi connectivity index (χ0n) is 17.6. The predicted octanol–water partition coefficient (Wildman–Crippen LogP) is 1.83. The number of urea groups is 1. The third-order valence-corrected chi connectivity index (χ3v) is 4.59. The molecule has 0 spiro atoms. The molecule has 2 atom stereocenters. The maximum Gasteiger partial charge on any atom is 0.343 e. The van der Waals surface area contributed by atoms with Gasteiger partial charge in [-0.1, -0.05) is 12.1 Å². The molecule has 180 valence electrons. The fraction of sp³-hybridized carbons (Fsp3) is 0.227. The summed E-state index contributed by atoms with van der Waals surface area (Å²) in [5, 5.41) is 31.5. The number of aliphatic carboxylic acids is 3. The number of hydrogen-bond acceptors (Lipinski definition) is 6. The van der Waals surface area contributed by atoms with E-state index in [0.717, 1.165) is 12.1 Å². The van der Waals surface area contributed by atoms with E-state index in [9.17, 15) is 33.5 Å². The van der Waals surface area contributed by atoms with Gasteiger partial charge in [-0.25, -0.2) is 18.8 Å². The Bertz CT molecular complexity index is 1060. The Kier molecular flexibility index (Phi) is 9.06. The van der Waals surface area contributed by atoms with Crippen LogP contribution in [0.4, 0.5) is 9.18 Å². The lowest BCUT2D eigenvalue weighted by Gasteiger charge is -2.17. The predicted molar refractivity (Wildman–Crippen MR) is 113 cm³/mol. The molecule has 0 saturated heterocycles. The van der Waals surface area contributed by atoms with Crippen molar-refractivity contribution < 1.29 is 48.4 Å². The van der Waals surface area contributed by atoms with E-state index >= 15 is 0 Å². The first kappa shape index (κ1) is 25.8. The van der Waals surface area contributed by atoms with Crippen LogP contribution in [0.25, 0.3) is 0 Å². The first-order chi connectivity index (χ1) is 16.1. The van der Waals surface area contributed by atoms with Gasteiger partial charge in [-0.2, -0.15) is 0 Å². The van der Waals surface area contributed by atoms with Gasteiger partial charge in [0.2, 0.25) is 0 Å². The van der Waals surface area contributed by atoms with Crippen molar-refractivity contribution in [2.45, 2.75) is 24.8 Å². The standard InChI is InChI=1S/C22H21FN2O9/c23-14-5-1-13(2-6-14)21(32)34-15-7-3-12(4-8-15)16(19(28)29)11-24-22(33)25-17(20(30)31)9-10-18(26)27/h1-8,16-17H,9-11H2,(H,26,27)(H,28,29)(H,30,31)(H2,24,25,33). The number of carboxylic acid groups (broad SMARTS) is 3. The number of esters is 1. The fourth-order valence-corrected chi connectivity index (χ4v) is 2.80. The van der Waals surface area contributed by atoms with Gasteiger partial charge in [0.15, 0.2) is 0 Å². The Morgan fingerprint density at radius 3 is 2.03 bits per heavy atom. The normalized spacial score (nSPS) is 12.1. The van der Waals surface area contributed by atoms with Crippen LogP contribution in [0.3, 0.4) is 0 Å². The van der Waals surface area contributed by atoms with Gasteiger partial charge in [-0.05, 0) is 48.4 Å². The number of amides is 2. The van der Waals surface area contributed by atoms with Gasteiger partial charge in [0.05, 0.1) is 11.5 Å². The zero-order chi connectivity index (χ0) is 25.3. The molecule has 2 amide bonds. The van der Waals surface area contributed by atoms with E-state index in [0.29, 0.717) is 0 Å². The van der Waals surface area contributed by atoms with Crippen LogP contribution in [0.5, 0.6) is 5.75 Å². The molecule has 0 aliphatic carbocycles. The number of carbonyl (C=O) groups excluding carboxylic acids is 2. The van der Waals surface area contributed by atoms with Crippen molar-refractivity contribution in [2.75, 3.05) is 6.54 Å². The molecule has 0 fully saturated rings. The van der Waals surface area contributed by atoms with E-state index in [4.69, 9.17) is 14.9 Å². The number of ether oxygens (including phenoxy) is 1. The van der Waals surface area contributed by atoms with Crippen molar-refractivity contribution in [3.8, 4) is 5.75 Å². The van der Waals surface area contributed by atoms with Crippen LogP contribution in [-0.2, 0) is 14.4 Å². The molecule has 2 rings (SSSR count). The van der Waals surface area contributed by atoms with Crippen LogP contribution in [0, 0.1) is 5.82 Å². The maximum absolute atomic E-state index is 13.0. The molecular formula is C22H21FN2O9. The molecule has 0 heterocycles. The van der Waals surface area contributed by atoms with E-state index in [1.807, 2.05) is 0 Å². The highest BCUT2D eigenvalue weighted by molar-refractivity contribution is 5.91. The minimum atomic E-state index is -1.46. The Balaban J connectivity index is 1.97. The largest absolute Gasteiger partial charge is 0.481 e. The van der Waals surface area contributed by atoms with Crippen LogP contribution in [0.1, 0.15) is 34.7 Å². The average Bonchev–Trinajstić information content (AvgIpc) is 2.77. The van der Waals surface area contributed by atoms with Gasteiger partial charge in [-0.15, -0.1) is 0 Å². The van der Waals surface area contributed by atoms with Gasteiger partial charge < -0.3 is 30.7 Å². The lowest BCUT2D eigenvalue weighted by atomic mass is 9.99. The average molecular weight is 476 g/mol. The molecule has 0 bridgehead atoms. The Labute approximate surface area is 192 Å². The summed E-state index contributed by atoms with van der Waals surface area (Å²) in [6.45, 7) is -0.402. The highest BCUT2D eigenvalue weighted by Gasteiger charge is 2.24. The quantitative estimate of drug-likeness (QED) is 0.239. The molecule has 2 aromatic carbocycles. The number of nitrogens with one attached hydrogen (secondary N) is 2. The van der Waals surface area contributed by atoms with Gasteiger partial charge in [-0.3, -0.25) is 9.59 Å². The highest BCUT2D eigenvalue weighted by Crippen LogP contribution is 2.21. The number of carboxylic acids is 3. The van der Waals surface area contributed by atoms with E-state index < -0.39 is 60.7 Å². The summed E-state index contributed by atoms with van der Waals surface area (Å²) < 4.78 is 18.1. The topological polar surface area (TPSA) is 179 Å². The Hall–Kier alpha value is -4.48. The van der Waals surface area contributed by atoms with Crippen molar-refractivity contribution in [1.29, 1.82) is 0 Å². The molecule has 34 heavy (non-hydrogen) atoms. The summed E-state index contributed by atoms with van der Waals surface area (Å²) in [4.78, 5) is 57.5. The van der Waals surface area contributed by atoms with E-state index in [1.165, 1.54) is 36.4 Å². The molecule has 11 nitrogen and oxygen atoms in total. The minimum Gasteiger partial charge on any atom is -0.481 e. The summed E-state index contributed by atoms with van der Waals surface area (Å²) >= 11 is 0. The van der Waals surface area contributed by atoms with Gasteiger partial charge in [0.25, 0.3) is 0 Å². The number of rotatable bonds is 11. The fourth-order valence-electron chi connectivity index (χ4n) is 2.80. The van der Waals surface area contributed by atoms with Crippen molar-refractivity contribution in [3.05, 3.63) is 65.5 Å². The monoisotopic (exact) mass is 476 g/mol. The van der Waals surface area contributed by atoms with Gasteiger partial charge in [0, 0.05) is 13.0 Å². The molecule has 0 radical (unpaired) electrons. The van der Waals surface area contributed by atoms with Gasteiger partial charge in [0.1, 0.15) is 17.6 Å². The molecule has 0 saturated carbocycles. The molecular weight excluding hydrogens is 455 g/mol. The van der Waals surface area contributed by atoms with E-state index in [1.54, 1.807) is 0 Å². The SMILES string of the molecule is O=C(O)CCC(NC(=O)NCC(C(=O)O)c1ccc(OC(=O)c2ccc(F)cc2)cc1)C(=O)O.